The lowest BCUT2D eigenvalue weighted by Gasteiger charge is -2.09. The zero-order valence-electron chi connectivity index (χ0n) is 9.58. The highest BCUT2D eigenvalue weighted by atomic mass is 79.9. The molecule has 0 spiro atoms. The van der Waals surface area contributed by atoms with Crippen LogP contribution in [0, 0.1) is 0 Å². The van der Waals surface area contributed by atoms with Gasteiger partial charge in [-0.25, -0.2) is 4.79 Å². The molecule has 0 aliphatic heterocycles. The molecule has 0 aromatic heterocycles. The molecular formula is C13H9BrCl2N2O. The average molecular weight is 360 g/mol. The SMILES string of the molecule is O=C(Nc1cc(Cl)cc(Cl)c1)Nc1ccccc1Br. The van der Waals surface area contributed by atoms with Crippen molar-refractivity contribution in [2.75, 3.05) is 10.6 Å². The Kier molecular flexibility index (Phi) is 4.69. The smallest absolute Gasteiger partial charge is 0.308 e. The number of hydrogen-bond donors (Lipinski definition) is 2. The molecule has 0 saturated heterocycles. The molecule has 0 atom stereocenters. The first kappa shape index (κ1) is 14.2. The number of benzene rings is 2. The van der Waals surface area contributed by atoms with Crippen LogP contribution < -0.4 is 10.6 Å². The van der Waals surface area contributed by atoms with E-state index in [2.05, 4.69) is 26.6 Å². The Hall–Kier alpha value is -1.23. The minimum absolute atomic E-state index is 0.370. The molecule has 2 rings (SSSR count). The van der Waals surface area contributed by atoms with E-state index in [0.29, 0.717) is 21.4 Å². The van der Waals surface area contributed by atoms with Crippen LogP contribution in [0.5, 0.6) is 0 Å². The van der Waals surface area contributed by atoms with Crippen LogP contribution in [0.25, 0.3) is 0 Å². The molecule has 0 unspecified atom stereocenters. The van der Waals surface area contributed by atoms with Gasteiger partial charge in [-0.05, 0) is 46.3 Å². The molecule has 2 amide bonds. The lowest BCUT2D eigenvalue weighted by molar-refractivity contribution is 0.262. The van der Waals surface area contributed by atoms with Gasteiger partial charge in [-0.1, -0.05) is 35.3 Å². The van der Waals surface area contributed by atoms with Gasteiger partial charge in [-0.3, -0.25) is 0 Å². The quantitative estimate of drug-likeness (QED) is 0.740. The van der Waals surface area contributed by atoms with Gasteiger partial charge in [0.05, 0.1) is 5.69 Å². The van der Waals surface area contributed by atoms with E-state index < -0.39 is 0 Å². The first-order valence-electron chi connectivity index (χ1n) is 5.33. The number of nitrogens with one attached hydrogen (secondary N) is 2. The fraction of sp³-hybridized carbons (Fsp3) is 0. The van der Waals surface area contributed by atoms with E-state index in [1.807, 2.05) is 18.2 Å². The topological polar surface area (TPSA) is 41.1 Å². The predicted octanol–water partition coefficient (Wildman–Crippen LogP) is 5.40. The summed E-state index contributed by atoms with van der Waals surface area (Å²) in [4.78, 5) is 11.8. The highest BCUT2D eigenvalue weighted by molar-refractivity contribution is 9.10. The Morgan fingerprint density at radius 2 is 1.63 bits per heavy atom. The van der Waals surface area contributed by atoms with E-state index in [-0.39, 0.29) is 6.03 Å². The van der Waals surface area contributed by atoms with Crippen LogP contribution in [0.15, 0.2) is 46.9 Å². The van der Waals surface area contributed by atoms with Gasteiger partial charge in [0.25, 0.3) is 0 Å². The monoisotopic (exact) mass is 358 g/mol. The fourth-order valence-corrected chi connectivity index (χ4v) is 2.38. The van der Waals surface area contributed by atoms with E-state index in [1.54, 1.807) is 24.3 Å². The summed E-state index contributed by atoms with van der Waals surface area (Å²) in [5.74, 6) is 0. The van der Waals surface area contributed by atoms with Crippen molar-refractivity contribution in [3.8, 4) is 0 Å². The van der Waals surface area contributed by atoms with Crippen molar-refractivity contribution in [2.24, 2.45) is 0 Å². The van der Waals surface area contributed by atoms with Crippen LogP contribution in [0.4, 0.5) is 16.2 Å². The van der Waals surface area contributed by atoms with Crippen molar-refractivity contribution in [1.82, 2.24) is 0 Å². The fourth-order valence-electron chi connectivity index (χ4n) is 1.47. The highest BCUT2D eigenvalue weighted by Crippen LogP contribution is 2.24. The third-order valence-electron chi connectivity index (χ3n) is 2.24. The highest BCUT2D eigenvalue weighted by Gasteiger charge is 2.06. The summed E-state index contributed by atoms with van der Waals surface area (Å²) < 4.78 is 0.800. The molecule has 3 nitrogen and oxygen atoms in total. The van der Waals surface area contributed by atoms with Crippen LogP contribution in [-0.4, -0.2) is 6.03 Å². The number of carbonyl (C=O) groups excluding carboxylic acids is 1. The maximum absolute atomic E-state index is 11.8. The molecule has 0 fully saturated rings. The average Bonchev–Trinajstić information content (AvgIpc) is 2.30. The Bertz CT molecular complexity index is 599. The third-order valence-corrected chi connectivity index (χ3v) is 3.37. The normalized spacial score (nSPS) is 10.1. The van der Waals surface area contributed by atoms with E-state index in [1.165, 1.54) is 0 Å². The number of para-hydroxylation sites is 1. The lowest BCUT2D eigenvalue weighted by Crippen LogP contribution is -2.19. The van der Waals surface area contributed by atoms with Gasteiger partial charge in [-0.2, -0.15) is 0 Å². The van der Waals surface area contributed by atoms with Gasteiger partial charge in [0.15, 0.2) is 0 Å². The van der Waals surface area contributed by atoms with Gasteiger partial charge >= 0.3 is 6.03 Å². The first-order valence-corrected chi connectivity index (χ1v) is 6.88. The Morgan fingerprint density at radius 1 is 1.00 bits per heavy atom. The molecule has 0 saturated carbocycles. The van der Waals surface area contributed by atoms with Crippen LogP contribution in [0.3, 0.4) is 0 Å². The summed E-state index contributed by atoms with van der Waals surface area (Å²) >= 11 is 15.1. The zero-order chi connectivity index (χ0) is 13.8. The van der Waals surface area contributed by atoms with Gasteiger partial charge in [-0.15, -0.1) is 0 Å². The minimum atomic E-state index is -0.370. The Morgan fingerprint density at radius 3 is 2.26 bits per heavy atom. The molecule has 2 N–H and O–H groups in total. The maximum Gasteiger partial charge on any atom is 0.323 e. The minimum Gasteiger partial charge on any atom is -0.308 e. The number of halogens is 3. The van der Waals surface area contributed by atoms with Crippen LogP contribution in [-0.2, 0) is 0 Å². The van der Waals surface area contributed by atoms with Crippen molar-refractivity contribution in [3.63, 3.8) is 0 Å². The van der Waals surface area contributed by atoms with E-state index in [9.17, 15) is 4.79 Å². The summed E-state index contributed by atoms with van der Waals surface area (Å²) in [7, 11) is 0. The molecule has 2 aromatic carbocycles. The summed E-state index contributed by atoms with van der Waals surface area (Å²) in [6.45, 7) is 0. The molecule has 2 aromatic rings. The van der Waals surface area contributed by atoms with Crippen molar-refractivity contribution >= 4 is 56.5 Å². The molecule has 98 valence electrons. The molecule has 0 heterocycles. The van der Waals surface area contributed by atoms with Gasteiger partial charge < -0.3 is 10.6 Å². The van der Waals surface area contributed by atoms with Crippen molar-refractivity contribution in [3.05, 3.63) is 57.0 Å². The first-order chi connectivity index (χ1) is 9.04. The number of amides is 2. The molecule has 0 radical (unpaired) electrons. The standard InChI is InChI=1S/C13H9BrCl2N2O/c14-11-3-1-2-4-12(11)18-13(19)17-10-6-8(15)5-9(16)7-10/h1-7H,(H2,17,18,19). The van der Waals surface area contributed by atoms with Gasteiger partial charge in [0, 0.05) is 20.2 Å². The van der Waals surface area contributed by atoms with E-state index in [0.717, 1.165) is 4.47 Å². The molecule has 19 heavy (non-hydrogen) atoms. The number of urea groups is 1. The van der Waals surface area contributed by atoms with Crippen molar-refractivity contribution in [2.45, 2.75) is 0 Å². The molecular weight excluding hydrogens is 351 g/mol. The molecule has 0 aliphatic rings. The predicted molar refractivity (Wildman–Crippen MR) is 83.2 cm³/mol. The van der Waals surface area contributed by atoms with Crippen LogP contribution >= 0.6 is 39.1 Å². The molecule has 0 bridgehead atoms. The Balaban J connectivity index is 2.07. The number of carbonyl (C=O) groups is 1. The van der Waals surface area contributed by atoms with Crippen molar-refractivity contribution in [1.29, 1.82) is 0 Å². The second-order valence-corrected chi connectivity index (χ2v) is 5.44. The van der Waals surface area contributed by atoms with E-state index >= 15 is 0 Å². The lowest BCUT2D eigenvalue weighted by atomic mass is 10.3. The molecule has 0 aliphatic carbocycles. The van der Waals surface area contributed by atoms with Crippen molar-refractivity contribution < 1.29 is 4.79 Å². The maximum atomic E-state index is 11.8. The van der Waals surface area contributed by atoms with Gasteiger partial charge in [0.1, 0.15) is 0 Å². The summed E-state index contributed by atoms with van der Waals surface area (Å²) in [5, 5.41) is 6.30. The zero-order valence-corrected chi connectivity index (χ0v) is 12.7. The second kappa shape index (κ2) is 6.28. The number of anilines is 2. The Labute approximate surface area is 129 Å². The summed E-state index contributed by atoms with van der Waals surface area (Å²) in [6, 6.07) is 11.8. The van der Waals surface area contributed by atoms with Crippen LogP contribution in [0.2, 0.25) is 10.0 Å². The summed E-state index contributed by atoms with van der Waals surface area (Å²) in [6.07, 6.45) is 0. The summed E-state index contributed by atoms with van der Waals surface area (Å²) in [5.41, 5.74) is 1.20. The van der Waals surface area contributed by atoms with Crippen LogP contribution in [0.1, 0.15) is 0 Å². The van der Waals surface area contributed by atoms with Gasteiger partial charge in [0.2, 0.25) is 0 Å². The number of rotatable bonds is 2. The third kappa shape index (κ3) is 4.13. The second-order valence-electron chi connectivity index (χ2n) is 3.72. The van der Waals surface area contributed by atoms with E-state index in [4.69, 9.17) is 23.2 Å². The largest absolute Gasteiger partial charge is 0.323 e. The number of hydrogen-bond acceptors (Lipinski definition) is 1. The molecule has 6 heteroatoms.